The predicted molar refractivity (Wildman–Crippen MR) is 107 cm³/mol. The number of piperidine rings is 1. The minimum Gasteiger partial charge on any atom is -0.468 e. The van der Waals surface area contributed by atoms with Crippen LogP contribution in [0.3, 0.4) is 0 Å². The third-order valence-corrected chi connectivity index (χ3v) is 4.51. The average Bonchev–Trinajstić information content (AvgIpc) is 2.65. The van der Waals surface area contributed by atoms with Crippen LogP contribution in [0.4, 0.5) is 4.79 Å². The first kappa shape index (κ1) is 21.3. The van der Waals surface area contributed by atoms with E-state index >= 15 is 0 Å². The van der Waals surface area contributed by atoms with E-state index in [1.165, 1.54) is 7.11 Å². The monoisotopic (exact) mass is 416 g/mol. The van der Waals surface area contributed by atoms with Crippen molar-refractivity contribution < 1.29 is 23.9 Å². The lowest BCUT2D eigenvalue weighted by molar-refractivity contribution is -0.135. The summed E-state index contributed by atoms with van der Waals surface area (Å²) < 4.78 is 11.6. The van der Waals surface area contributed by atoms with Crippen LogP contribution in [-0.2, 0) is 20.9 Å². The highest BCUT2D eigenvalue weighted by atomic mass is 16.6. The number of alkyl carbamates (subject to hydrolysis) is 1. The molecule has 1 saturated heterocycles. The largest absolute Gasteiger partial charge is 0.468 e. The van der Waals surface area contributed by atoms with Gasteiger partial charge in [-0.25, -0.2) is 9.36 Å². The van der Waals surface area contributed by atoms with Crippen LogP contribution < -0.4 is 20.9 Å². The van der Waals surface area contributed by atoms with Gasteiger partial charge in [0.15, 0.2) is 0 Å². The molecule has 1 aliphatic heterocycles. The number of amides is 3. The highest BCUT2D eigenvalue weighted by molar-refractivity contribution is 5.99. The van der Waals surface area contributed by atoms with Gasteiger partial charge in [-0.05, 0) is 38.8 Å². The van der Waals surface area contributed by atoms with Gasteiger partial charge in [0.05, 0.1) is 18.0 Å². The fourth-order valence-corrected chi connectivity index (χ4v) is 3.27. The van der Waals surface area contributed by atoms with Crippen molar-refractivity contribution in [1.29, 1.82) is 0 Å². The van der Waals surface area contributed by atoms with Gasteiger partial charge < -0.3 is 14.8 Å². The molecule has 0 saturated carbocycles. The van der Waals surface area contributed by atoms with E-state index in [0.717, 1.165) is 4.57 Å². The molecular weight excluding hydrogens is 392 g/mol. The van der Waals surface area contributed by atoms with Gasteiger partial charge in [-0.1, -0.05) is 12.1 Å². The smallest absolute Gasteiger partial charge is 0.407 e. The lowest BCUT2D eigenvalue weighted by Gasteiger charge is -2.24. The van der Waals surface area contributed by atoms with Gasteiger partial charge in [-0.3, -0.25) is 19.7 Å². The third-order valence-electron chi connectivity index (χ3n) is 4.51. The van der Waals surface area contributed by atoms with Crippen LogP contribution >= 0.6 is 0 Å². The van der Waals surface area contributed by atoms with Gasteiger partial charge in [-0.15, -0.1) is 0 Å². The Hall–Kier alpha value is -3.43. The van der Waals surface area contributed by atoms with Crippen LogP contribution in [0.1, 0.15) is 45.2 Å². The first-order valence-corrected chi connectivity index (χ1v) is 9.49. The molecular formula is C20H24N4O6. The minimum atomic E-state index is -0.922. The normalized spacial score (nSPS) is 16.9. The van der Waals surface area contributed by atoms with Gasteiger partial charge in [0.2, 0.25) is 11.8 Å². The molecule has 1 aromatic carbocycles. The first-order valence-electron chi connectivity index (χ1n) is 9.49. The van der Waals surface area contributed by atoms with Crippen LogP contribution in [0.25, 0.3) is 10.9 Å². The molecule has 3 amide bonds. The van der Waals surface area contributed by atoms with Gasteiger partial charge in [0, 0.05) is 13.0 Å². The molecule has 0 spiro atoms. The van der Waals surface area contributed by atoms with Crippen molar-refractivity contribution in [2.45, 2.75) is 51.8 Å². The Morgan fingerprint density at radius 2 is 2.03 bits per heavy atom. The fourth-order valence-electron chi connectivity index (χ4n) is 3.27. The van der Waals surface area contributed by atoms with E-state index in [1.54, 1.807) is 39.0 Å². The highest BCUT2D eigenvalue weighted by Crippen LogP contribution is 2.24. The van der Waals surface area contributed by atoms with Gasteiger partial charge in [0.1, 0.15) is 11.6 Å². The van der Waals surface area contributed by atoms with E-state index < -0.39 is 29.2 Å². The molecule has 3 rings (SSSR count). The Kier molecular flexibility index (Phi) is 5.77. The molecule has 2 heterocycles. The van der Waals surface area contributed by atoms with Crippen molar-refractivity contribution in [3.8, 4) is 6.01 Å². The van der Waals surface area contributed by atoms with Crippen LogP contribution in [0, 0.1) is 0 Å². The standard InChI is InChI=1S/C20H24N4O6/c1-20(2,3)30-19(28)21-10-11-6-5-7-12-15(11)17(27)24(18(22-12)29-4)13-8-9-14(25)23-16(13)26/h5-7,13H,8-10H2,1-4H3,(H,21,28)(H,23,25,26). The number of nitrogens with one attached hydrogen (secondary N) is 2. The Labute approximate surface area is 172 Å². The van der Waals surface area contributed by atoms with E-state index in [4.69, 9.17) is 9.47 Å². The molecule has 1 atom stereocenters. The highest BCUT2D eigenvalue weighted by Gasteiger charge is 2.32. The molecule has 0 bridgehead atoms. The van der Waals surface area contributed by atoms with Crippen LogP contribution in [0.5, 0.6) is 6.01 Å². The quantitative estimate of drug-likeness (QED) is 0.721. The Morgan fingerprint density at radius 3 is 2.67 bits per heavy atom. The van der Waals surface area contributed by atoms with Crippen molar-refractivity contribution in [2.75, 3.05) is 7.11 Å². The Balaban J connectivity index is 2.03. The summed E-state index contributed by atoms with van der Waals surface area (Å²) in [5, 5.41) is 5.11. The molecule has 1 aliphatic rings. The molecule has 30 heavy (non-hydrogen) atoms. The molecule has 0 radical (unpaired) electrons. The summed E-state index contributed by atoms with van der Waals surface area (Å²) in [4.78, 5) is 53.6. The summed E-state index contributed by atoms with van der Waals surface area (Å²) in [6.07, 6.45) is -0.357. The van der Waals surface area contributed by atoms with E-state index in [-0.39, 0.29) is 36.7 Å². The molecule has 10 nitrogen and oxygen atoms in total. The number of hydrogen-bond donors (Lipinski definition) is 2. The summed E-state index contributed by atoms with van der Waals surface area (Å²) in [5.41, 5.74) is -0.271. The molecule has 1 unspecified atom stereocenters. The number of imide groups is 1. The fraction of sp³-hybridized carbons (Fsp3) is 0.450. The maximum Gasteiger partial charge on any atom is 0.407 e. The maximum absolute atomic E-state index is 13.4. The average molecular weight is 416 g/mol. The SMILES string of the molecule is COc1nc2cccc(CNC(=O)OC(C)(C)C)c2c(=O)n1C1CCC(=O)NC1=O. The number of hydrogen-bond acceptors (Lipinski definition) is 7. The molecule has 2 aromatic rings. The molecule has 0 aliphatic carbocycles. The second-order valence-corrected chi connectivity index (χ2v) is 7.91. The Bertz CT molecular complexity index is 1070. The van der Waals surface area contributed by atoms with Crippen molar-refractivity contribution in [1.82, 2.24) is 20.2 Å². The van der Waals surface area contributed by atoms with E-state index in [9.17, 15) is 19.2 Å². The van der Waals surface area contributed by atoms with Gasteiger partial charge >= 0.3 is 6.09 Å². The van der Waals surface area contributed by atoms with Crippen molar-refractivity contribution in [3.63, 3.8) is 0 Å². The summed E-state index contributed by atoms with van der Waals surface area (Å²) >= 11 is 0. The summed E-state index contributed by atoms with van der Waals surface area (Å²) in [6.45, 7) is 5.28. The summed E-state index contributed by atoms with van der Waals surface area (Å²) in [7, 11) is 1.35. The molecule has 2 N–H and O–H groups in total. The topological polar surface area (TPSA) is 129 Å². The lowest BCUT2D eigenvalue weighted by atomic mass is 10.0. The maximum atomic E-state index is 13.4. The number of fused-ring (bicyclic) bond motifs is 1. The number of benzene rings is 1. The van der Waals surface area contributed by atoms with Crippen molar-refractivity contribution in [2.24, 2.45) is 0 Å². The van der Waals surface area contributed by atoms with Crippen molar-refractivity contribution >= 4 is 28.8 Å². The van der Waals surface area contributed by atoms with Gasteiger partial charge in [-0.2, -0.15) is 4.98 Å². The van der Waals surface area contributed by atoms with Crippen LogP contribution in [0.2, 0.25) is 0 Å². The number of nitrogens with zero attached hydrogens (tertiary/aromatic N) is 2. The van der Waals surface area contributed by atoms with Crippen LogP contribution in [-0.4, -0.2) is 40.2 Å². The van der Waals surface area contributed by atoms with Crippen molar-refractivity contribution in [3.05, 3.63) is 34.1 Å². The van der Waals surface area contributed by atoms with Crippen LogP contribution in [0.15, 0.2) is 23.0 Å². The zero-order chi connectivity index (χ0) is 22.1. The summed E-state index contributed by atoms with van der Waals surface area (Å²) in [6, 6.07) is 4.08. The summed E-state index contributed by atoms with van der Waals surface area (Å²) in [5.74, 6) is -0.976. The minimum absolute atomic E-state index is 0.0285. The number of carbonyl (C=O) groups excluding carboxylic acids is 3. The van der Waals surface area contributed by atoms with E-state index in [0.29, 0.717) is 11.1 Å². The second kappa shape index (κ2) is 8.13. The number of aromatic nitrogens is 2. The Morgan fingerprint density at radius 1 is 1.30 bits per heavy atom. The molecule has 10 heteroatoms. The molecule has 1 fully saturated rings. The first-order chi connectivity index (χ1) is 14.1. The second-order valence-electron chi connectivity index (χ2n) is 7.91. The number of methoxy groups -OCH3 is 1. The number of carbonyl (C=O) groups is 3. The lowest BCUT2D eigenvalue weighted by Crippen LogP contribution is -2.45. The van der Waals surface area contributed by atoms with E-state index in [1.807, 2.05) is 0 Å². The zero-order valence-corrected chi connectivity index (χ0v) is 17.3. The van der Waals surface area contributed by atoms with Gasteiger partial charge in [0.25, 0.3) is 11.6 Å². The number of rotatable bonds is 4. The predicted octanol–water partition coefficient (Wildman–Crippen LogP) is 1.41. The third kappa shape index (κ3) is 4.42. The zero-order valence-electron chi connectivity index (χ0n) is 17.3. The number of ether oxygens (including phenoxy) is 2. The molecule has 1 aromatic heterocycles. The molecule has 160 valence electrons. The van der Waals surface area contributed by atoms with E-state index in [2.05, 4.69) is 15.6 Å².